The number of nitrogens with one attached hydrogen (secondary N) is 1. The standard InChI is InChI=1S/C58H38N2OS/c1-3-15-35(16-4-1)36-29-31-38(32-30-36)54-57-55(45-23-11-12-28-50(45)62-57)60-58(59-54)47-26-14-27-49-53(47)46-25-13-24-44(56(46)61-49)48-34-40-33-39-19-7-8-20-41(39)51(37-17-5-2-6-18-37)52(40)43-22-10-9-21-42(43)48/h1-33,48,58,60H,34H2. The zero-order chi connectivity index (χ0) is 40.7. The number of thiophene rings is 1. The molecule has 292 valence electrons. The van der Waals surface area contributed by atoms with Crippen LogP contribution in [0.15, 0.2) is 210 Å². The lowest BCUT2D eigenvalue weighted by Crippen LogP contribution is -2.19. The van der Waals surface area contributed by atoms with Crippen LogP contribution in [0, 0.1) is 0 Å². The monoisotopic (exact) mass is 810 g/mol. The van der Waals surface area contributed by atoms with Gasteiger partial charge < -0.3 is 9.73 Å². The normalized spacial score (nSPS) is 15.6. The molecule has 0 radical (unpaired) electrons. The van der Waals surface area contributed by atoms with Crippen molar-refractivity contribution in [3.05, 3.63) is 233 Å². The van der Waals surface area contributed by atoms with Crippen molar-refractivity contribution in [3.63, 3.8) is 0 Å². The van der Waals surface area contributed by atoms with E-state index in [2.05, 4.69) is 206 Å². The molecule has 0 saturated carbocycles. The van der Waals surface area contributed by atoms with Crippen molar-refractivity contribution in [2.45, 2.75) is 18.5 Å². The first-order valence-electron chi connectivity index (χ1n) is 21.4. The molecule has 0 saturated heterocycles. The van der Waals surface area contributed by atoms with Crippen molar-refractivity contribution < 1.29 is 4.42 Å². The molecule has 2 aliphatic rings. The zero-order valence-electron chi connectivity index (χ0n) is 33.7. The maximum Gasteiger partial charge on any atom is 0.146 e. The first kappa shape index (κ1) is 35.2. The average molecular weight is 811 g/mol. The highest BCUT2D eigenvalue weighted by Gasteiger charge is 2.33. The van der Waals surface area contributed by atoms with Crippen LogP contribution in [0.5, 0.6) is 0 Å². The molecule has 0 amide bonds. The minimum atomic E-state index is -0.329. The molecule has 0 spiro atoms. The largest absolute Gasteiger partial charge is 0.456 e. The van der Waals surface area contributed by atoms with E-state index in [4.69, 9.17) is 9.41 Å². The van der Waals surface area contributed by atoms with Crippen LogP contribution in [0.25, 0.3) is 76.2 Å². The van der Waals surface area contributed by atoms with E-state index in [1.807, 2.05) is 0 Å². The SMILES string of the molecule is c1ccc(-c2ccc(C3=NC(c4cccc5oc6c(C7Cc8cc9ccccc9c(-c9ccccc9)c8-c8ccccc87)cccc6c45)Nc4c3sc3ccccc43)cc2)cc1. The van der Waals surface area contributed by atoms with Crippen molar-refractivity contribution in [1.82, 2.24) is 0 Å². The van der Waals surface area contributed by atoms with E-state index in [1.165, 1.54) is 75.8 Å². The molecule has 62 heavy (non-hydrogen) atoms. The summed E-state index contributed by atoms with van der Waals surface area (Å²) in [5.41, 5.74) is 17.7. The lowest BCUT2D eigenvalue weighted by molar-refractivity contribution is 0.653. The lowest BCUT2D eigenvalue weighted by atomic mass is 9.72. The Labute approximate surface area is 363 Å². The molecule has 1 N–H and O–H groups in total. The van der Waals surface area contributed by atoms with Gasteiger partial charge in [-0.15, -0.1) is 11.3 Å². The molecule has 3 heterocycles. The Bertz CT molecular complexity index is 3580. The molecule has 4 heteroatoms. The number of nitrogens with zero attached hydrogens (tertiary/aromatic N) is 1. The van der Waals surface area contributed by atoms with E-state index in [9.17, 15) is 0 Å². The minimum absolute atomic E-state index is 0.104. The van der Waals surface area contributed by atoms with Crippen molar-refractivity contribution in [2.75, 3.05) is 5.32 Å². The fourth-order valence-corrected chi connectivity index (χ4v) is 11.5. The van der Waals surface area contributed by atoms with Gasteiger partial charge in [-0.3, -0.25) is 4.99 Å². The number of aliphatic imine (C=N–C) groups is 1. The molecule has 11 aromatic rings. The van der Waals surface area contributed by atoms with Crippen LogP contribution >= 0.6 is 11.3 Å². The predicted octanol–water partition coefficient (Wildman–Crippen LogP) is 15.6. The van der Waals surface area contributed by atoms with Gasteiger partial charge in [0.25, 0.3) is 0 Å². The van der Waals surface area contributed by atoms with E-state index in [1.54, 1.807) is 11.3 Å². The fourth-order valence-electron chi connectivity index (χ4n) is 10.3. The summed E-state index contributed by atoms with van der Waals surface area (Å²) >= 11 is 1.80. The molecule has 2 atom stereocenters. The van der Waals surface area contributed by atoms with Crippen LogP contribution in [0.1, 0.15) is 44.8 Å². The van der Waals surface area contributed by atoms with Gasteiger partial charge in [0.2, 0.25) is 0 Å². The number of para-hydroxylation sites is 1. The second kappa shape index (κ2) is 14.0. The summed E-state index contributed by atoms with van der Waals surface area (Å²) in [6.07, 6.45) is 0.541. The predicted molar refractivity (Wildman–Crippen MR) is 260 cm³/mol. The number of furan rings is 1. The van der Waals surface area contributed by atoms with Gasteiger partial charge in [-0.25, -0.2) is 0 Å². The Morgan fingerprint density at radius 3 is 2.02 bits per heavy atom. The Balaban J connectivity index is 0.965. The van der Waals surface area contributed by atoms with Crippen molar-refractivity contribution in [3.8, 4) is 33.4 Å². The van der Waals surface area contributed by atoms with Gasteiger partial charge >= 0.3 is 0 Å². The first-order valence-corrected chi connectivity index (χ1v) is 22.2. The van der Waals surface area contributed by atoms with E-state index in [-0.39, 0.29) is 12.1 Å². The van der Waals surface area contributed by atoms with Gasteiger partial charge in [-0.1, -0.05) is 188 Å². The Morgan fingerprint density at radius 2 is 1.16 bits per heavy atom. The zero-order valence-corrected chi connectivity index (χ0v) is 34.5. The number of benzene rings is 9. The van der Waals surface area contributed by atoms with Gasteiger partial charge in [-0.05, 0) is 73.8 Å². The number of hydrogen-bond acceptors (Lipinski definition) is 4. The third kappa shape index (κ3) is 5.47. The average Bonchev–Trinajstić information content (AvgIpc) is 3.92. The van der Waals surface area contributed by atoms with Crippen LogP contribution in [0.4, 0.5) is 5.69 Å². The highest BCUT2D eigenvalue weighted by molar-refractivity contribution is 7.22. The molecule has 2 unspecified atom stereocenters. The summed E-state index contributed by atoms with van der Waals surface area (Å²) in [5, 5.41) is 9.93. The summed E-state index contributed by atoms with van der Waals surface area (Å²) in [4.78, 5) is 6.76. The third-order valence-electron chi connectivity index (χ3n) is 13.1. The molecule has 1 aliphatic heterocycles. The highest BCUT2D eigenvalue weighted by Crippen LogP contribution is 2.51. The second-order valence-electron chi connectivity index (χ2n) is 16.5. The fraction of sp³-hybridized carbons (Fsp3) is 0.0517. The highest BCUT2D eigenvalue weighted by atomic mass is 32.1. The van der Waals surface area contributed by atoms with Crippen LogP contribution < -0.4 is 5.32 Å². The maximum atomic E-state index is 7.05. The van der Waals surface area contributed by atoms with Gasteiger partial charge in [0.15, 0.2) is 0 Å². The molecule has 0 fully saturated rings. The Morgan fingerprint density at radius 1 is 0.516 bits per heavy atom. The molecular weight excluding hydrogens is 773 g/mol. The summed E-state index contributed by atoms with van der Waals surface area (Å²) in [5.74, 6) is 0.104. The second-order valence-corrected chi connectivity index (χ2v) is 17.6. The van der Waals surface area contributed by atoms with E-state index < -0.39 is 0 Å². The number of rotatable bonds is 5. The van der Waals surface area contributed by atoms with Gasteiger partial charge in [0.05, 0.1) is 16.3 Å². The molecule has 3 nitrogen and oxygen atoms in total. The van der Waals surface area contributed by atoms with Crippen molar-refractivity contribution in [1.29, 1.82) is 0 Å². The molecule has 2 aromatic heterocycles. The minimum Gasteiger partial charge on any atom is -0.456 e. The molecule has 1 aliphatic carbocycles. The van der Waals surface area contributed by atoms with E-state index in [0.29, 0.717) is 0 Å². The Hall–Kier alpha value is -7.53. The van der Waals surface area contributed by atoms with Gasteiger partial charge in [0.1, 0.15) is 17.3 Å². The summed E-state index contributed by atoms with van der Waals surface area (Å²) < 4.78 is 8.30. The summed E-state index contributed by atoms with van der Waals surface area (Å²) in [6.45, 7) is 0. The van der Waals surface area contributed by atoms with Crippen molar-refractivity contribution in [2.24, 2.45) is 4.99 Å². The maximum absolute atomic E-state index is 7.05. The summed E-state index contributed by atoms with van der Waals surface area (Å²) in [6, 6.07) is 72.6. The van der Waals surface area contributed by atoms with Crippen LogP contribution in [-0.2, 0) is 6.42 Å². The Kier molecular flexibility index (Phi) is 7.97. The lowest BCUT2D eigenvalue weighted by Gasteiger charge is -2.31. The topological polar surface area (TPSA) is 37.5 Å². The van der Waals surface area contributed by atoms with Gasteiger partial charge in [0, 0.05) is 43.5 Å². The number of anilines is 1. The van der Waals surface area contributed by atoms with Crippen molar-refractivity contribution >= 4 is 65.5 Å². The van der Waals surface area contributed by atoms with E-state index in [0.717, 1.165) is 50.9 Å². The van der Waals surface area contributed by atoms with E-state index >= 15 is 0 Å². The van der Waals surface area contributed by atoms with Crippen LogP contribution in [-0.4, -0.2) is 5.71 Å². The summed E-state index contributed by atoms with van der Waals surface area (Å²) in [7, 11) is 0. The molecule has 0 bridgehead atoms. The van der Waals surface area contributed by atoms with Crippen LogP contribution in [0.3, 0.4) is 0 Å². The van der Waals surface area contributed by atoms with Gasteiger partial charge in [-0.2, -0.15) is 0 Å². The molecule has 13 rings (SSSR count). The molecule has 9 aromatic carbocycles. The number of hydrogen-bond donors (Lipinski definition) is 1. The number of fused-ring (bicyclic) bond motifs is 10. The first-order chi connectivity index (χ1) is 30.7. The third-order valence-corrected chi connectivity index (χ3v) is 14.3. The molecular formula is C58H38N2OS. The smallest absolute Gasteiger partial charge is 0.146 e. The quantitative estimate of drug-likeness (QED) is 0.188. The van der Waals surface area contributed by atoms with Crippen LogP contribution in [0.2, 0.25) is 0 Å².